The molecule has 0 aromatic heterocycles. The van der Waals surface area contributed by atoms with Crippen molar-refractivity contribution in [2.45, 2.75) is 12.5 Å². The van der Waals surface area contributed by atoms with Crippen molar-refractivity contribution in [1.29, 1.82) is 5.41 Å². The van der Waals surface area contributed by atoms with Crippen LogP contribution in [-0.2, 0) is 4.74 Å². The zero-order chi connectivity index (χ0) is 11.5. The van der Waals surface area contributed by atoms with E-state index in [-0.39, 0.29) is 11.9 Å². The summed E-state index contributed by atoms with van der Waals surface area (Å²) < 4.78 is 10.9. The Morgan fingerprint density at radius 3 is 3.00 bits per heavy atom. The van der Waals surface area contributed by atoms with E-state index in [0.717, 1.165) is 6.42 Å². The molecule has 1 aromatic carbocycles. The highest BCUT2D eigenvalue weighted by Gasteiger charge is 2.19. The van der Waals surface area contributed by atoms with Gasteiger partial charge in [0.15, 0.2) is 0 Å². The Labute approximate surface area is 98.8 Å². The molecule has 5 heteroatoms. The molecule has 1 aliphatic rings. The fraction of sp³-hybridized carbons (Fsp3) is 0.364. The fourth-order valence-corrected chi connectivity index (χ4v) is 1.77. The lowest BCUT2D eigenvalue weighted by Gasteiger charge is -2.15. The second kappa shape index (κ2) is 4.72. The average Bonchev–Trinajstić information content (AvgIpc) is 2.73. The Kier molecular flexibility index (Phi) is 3.31. The van der Waals surface area contributed by atoms with Crippen molar-refractivity contribution in [3.8, 4) is 5.75 Å². The van der Waals surface area contributed by atoms with Crippen LogP contribution in [0.2, 0.25) is 5.02 Å². The zero-order valence-electron chi connectivity index (χ0n) is 8.70. The highest BCUT2D eigenvalue weighted by molar-refractivity contribution is 6.31. The Hall–Kier alpha value is -1.26. The van der Waals surface area contributed by atoms with Gasteiger partial charge in [0.25, 0.3) is 0 Å². The molecular weight excluding hydrogens is 228 g/mol. The van der Waals surface area contributed by atoms with Crippen LogP contribution in [0.1, 0.15) is 12.0 Å². The number of rotatable bonds is 3. The maximum atomic E-state index is 7.45. The van der Waals surface area contributed by atoms with Gasteiger partial charge in [0.05, 0.1) is 18.8 Å². The van der Waals surface area contributed by atoms with Crippen LogP contribution in [0, 0.1) is 5.41 Å². The Bertz CT molecular complexity index is 403. The summed E-state index contributed by atoms with van der Waals surface area (Å²) in [5, 5.41) is 8.00. The first kappa shape index (κ1) is 11.2. The lowest BCUT2D eigenvalue weighted by atomic mass is 10.2. The lowest BCUT2D eigenvalue weighted by Crippen LogP contribution is -2.19. The summed E-state index contributed by atoms with van der Waals surface area (Å²) in [5.74, 6) is 0.545. The van der Waals surface area contributed by atoms with E-state index in [0.29, 0.717) is 29.5 Å². The average molecular weight is 241 g/mol. The van der Waals surface area contributed by atoms with Gasteiger partial charge in [-0.2, -0.15) is 0 Å². The molecule has 0 saturated carbocycles. The van der Waals surface area contributed by atoms with Crippen LogP contribution in [0.25, 0.3) is 0 Å². The Morgan fingerprint density at radius 2 is 2.38 bits per heavy atom. The van der Waals surface area contributed by atoms with Crippen LogP contribution in [0.3, 0.4) is 0 Å². The number of nitrogen functional groups attached to an aromatic ring is 1. The van der Waals surface area contributed by atoms with Gasteiger partial charge < -0.3 is 15.2 Å². The van der Waals surface area contributed by atoms with Crippen molar-refractivity contribution in [3.05, 3.63) is 28.8 Å². The summed E-state index contributed by atoms with van der Waals surface area (Å²) in [6.45, 7) is 1.30. The van der Waals surface area contributed by atoms with Gasteiger partial charge in [-0.3, -0.25) is 5.41 Å². The van der Waals surface area contributed by atoms with Gasteiger partial charge in [-0.25, -0.2) is 0 Å². The number of hydrogen-bond donors (Lipinski definition) is 2. The van der Waals surface area contributed by atoms with E-state index in [9.17, 15) is 0 Å². The maximum Gasteiger partial charge on any atom is 0.130 e. The van der Waals surface area contributed by atoms with E-state index in [1.165, 1.54) is 0 Å². The topological polar surface area (TPSA) is 68.3 Å². The predicted molar refractivity (Wildman–Crippen MR) is 62.3 cm³/mol. The highest BCUT2D eigenvalue weighted by atomic mass is 35.5. The number of nitrogens with two attached hydrogens (primary N) is 1. The SMILES string of the molecule is N=C(N)c1cc(Cl)ccc1OC1CCOC1. The number of benzene rings is 1. The monoisotopic (exact) mass is 240 g/mol. The molecule has 0 bridgehead atoms. The first-order valence-corrected chi connectivity index (χ1v) is 5.43. The van der Waals surface area contributed by atoms with Gasteiger partial charge >= 0.3 is 0 Å². The molecule has 1 unspecified atom stereocenters. The van der Waals surface area contributed by atoms with Crippen molar-refractivity contribution < 1.29 is 9.47 Å². The summed E-state index contributed by atoms with van der Waals surface area (Å²) in [5.41, 5.74) is 6.00. The molecule has 1 fully saturated rings. The quantitative estimate of drug-likeness (QED) is 0.625. The minimum Gasteiger partial charge on any atom is -0.487 e. The minimum atomic E-state index is -0.0450. The second-order valence-corrected chi connectivity index (χ2v) is 4.09. The van der Waals surface area contributed by atoms with E-state index in [4.69, 9.17) is 32.2 Å². The summed E-state index contributed by atoms with van der Waals surface area (Å²) in [6, 6.07) is 5.09. The largest absolute Gasteiger partial charge is 0.487 e. The lowest BCUT2D eigenvalue weighted by molar-refractivity contribution is 0.141. The van der Waals surface area contributed by atoms with E-state index < -0.39 is 0 Å². The molecule has 0 radical (unpaired) electrons. The number of hydrogen-bond acceptors (Lipinski definition) is 3. The molecule has 3 N–H and O–H groups in total. The van der Waals surface area contributed by atoms with Gasteiger partial charge in [0.2, 0.25) is 0 Å². The molecule has 1 saturated heterocycles. The molecule has 1 aliphatic heterocycles. The normalized spacial score (nSPS) is 19.7. The van der Waals surface area contributed by atoms with Gasteiger partial charge in [0.1, 0.15) is 17.7 Å². The van der Waals surface area contributed by atoms with Crippen LogP contribution < -0.4 is 10.5 Å². The highest BCUT2D eigenvalue weighted by Crippen LogP contribution is 2.25. The minimum absolute atomic E-state index is 0.0410. The number of nitrogens with one attached hydrogen (secondary N) is 1. The first-order valence-electron chi connectivity index (χ1n) is 5.05. The molecular formula is C11H13ClN2O2. The molecule has 16 heavy (non-hydrogen) atoms. The van der Waals surface area contributed by atoms with Gasteiger partial charge in [0, 0.05) is 11.4 Å². The van der Waals surface area contributed by atoms with Crippen molar-refractivity contribution >= 4 is 17.4 Å². The van der Waals surface area contributed by atoms with Crippen LogP contribution in [-0.4, -0.2) is 25.2 Å². The molecule has 86 valence electrons. The smallest absolute Gasteiger partial charge is 0.130 e. The first-order chi connectivity index (χ1) is 7.66. The molecule has 1 heterocycles. The molecule has 1 aromatic rings. The number of halogens is 1. The zero-order valence-corrected chi connectivity index (χ0v) is 9.46. The molecule has 4 nitrogen and oxygen atoms in total. The van der Waals surface area contributed by atoms with Gasteiger partial charge in [-0.05, 0) is 18.2 Å². The standard InChI is InChI=1S/C11H13ClN2O2/c12-7-1-2-10(9(5-7)11(13)14)16-8-3-4-15-6-8/h1-2,5,8H,3-4,6H2,(H3,13,14). The van der Waals surface area contributed by atoms with Crippen molar-refractivity contribution in [3.63, 3.8) is 0 Å². The maximum absolute atomic E-state index is 7.45. The van der Waals surface area contributed by atoms with E-state index >= 15 is 0 Å². The third kappa shape index (κ3) is 2.46. The number of amidine groups is 1. The fourth-order valence-electron chi connectivity index (χ4n) is 1.60. The third-order valence-electron chi connectivity index (χ3n) is 2.41. The van der Waals surface area contributed by atoms with E-state index in [1.54, 1.807) is 18.2 Å². The van der Waals surface area contributed by atoms with Crippen LogP contribution >= 0.6 is 11.6 Å². The molecule has 0 amide bonds. The van der Waals surface area contributed by atoms with Crippen molar-refractivity contribution in [1.82, 2.24) is 0 Å². The molecule has 2 rings (SSSR count). The summed E-state index contributed by atoms with van der Waals surface area (Å²) in [7, 11) is 0. The van der Waals surface area contributed by atoms with Gasteiger partial charge in [-0.15, -0.1) is 0 Å². The Balaban J connectivity index is 2.21. The van der Waals surface area contributed by atoms with Gasteiger partial charge in [-0.1, -0.05) is 11.6 Å². The summed E-state index contributed by atoms with van der Waals surface area (Å²) in [4.78, 5) is 0. The van der Waals surface area contributed by atoms with Crippen LogP contribution in [0.5, 0.6) is 5.75 Å². The van der Waals surface area contributed by atoms with Crippen molar-refractivity contribution in [2.75, 3.05) is 13.2 Å². The predicted octanol–water partition coefficient (Wildman–Crippen LogP) is 1.79. The van der Waals surface area contributed by atoms with Crippen LogP contribution in [0.15, 0.2) is 18.2 Å². The molecule has 1 atom stereocenters. The Morgan fingerprint density at radius 1 is 1.56 bits per heavy atom. The summed E-state index contributed by atoms with van der Waals surface area (Å²) >= 11 is 5.85. The molecule has 0 aliphatic carbocycles. The van der Waals surface area contributed by atoms with Crippen molar-refractivity contribution in [2.24, 2.45) is 5.73 Å². The third-order valence-corrected chi connectivity index (χ3v) is 2.65. The van der Waals surface area contributed by atoms with E-state index in [1.807, 2.05) is 0 Å². The second-order valence-electron chi connectivity index (χ2n) is 3.66. The van der Waals surface area contributed by atoms with E-state index in [2.05, 4.69) is 0 Å². The van der Waals surface area contributed by atoms with Crippen LogP contribution in [0.4, 0.5) is 0 Å². The number of ether oxygens (including phenoxy) is 2. The molecule has 0 spiro atoms. The summed E-state index contributed by atoms with van der Waals surface area (Å²) in [6.07, 6.45) is 0.902.